The molecule has 0 fully saturated rings. The number of nitrogens with two attached hydrogens (primary N) is 1. The lowest BCUT2D eigenvalue weighted by Crippen LogP contribution is -1.95. The highest BCUT2D eigenvalue weighted by atomic mass is 16.5. The van der Waals surface area contributed by atoms with Crippen molar-refractivity contribution in [1.29, 1.82) is 0 Å². The van der Waals surface area contributed by atoms with E-state index in [9.17, 15) is 0 Å². The molecule has 2 aromatic heterocycles. The number of furan rings is 1. The van der Waals surface area contributed by atoms with Gasteiger partial charge in [0, 0.05) is 6.07 Å². The normalized spacial score (nSPS) is 10.9. The number of aromatic hydroxyl groups is 1. The van der Waals surface area contributed by atoms with E-state index in [-0.39, 0.29) is 11.8 Å². The van der Waals surface area contributed by atoms with Gasteiger partial charge in [-0.3, -0.25) is 0 Å². The second kappa shape index (κ2) is 1.63. The zero-order valence-corrected chi connectivity index (χ0v) is 5.48. The summed E-state index contributed by atoms with van der Waals surface area (Å²) in [5, 5.41) is 18.0. The quantitative estimate of drug-likeness (QED) is 0.489. The van der Waals surface area contributed by atoms with E-state index in [1.165, 1.54) is 12.1 Å². The van der Waals surface area contributed by atoms with Gasteiger partial charge < -0.3 is 20.5 Å². The third-order valence-corrected chi connectivity index (χ3v) is 1.48. The molecule has 0 radical (unpaired) electrons. The topological polar surface area (TPSA) is 84.5 Å². The summed E-state index contributed by atoms with van der Waals surface area (Å²) in [6, 6.07) is 2.71. The Morgan fingerprint density at radius 3 is 2.82 bits per heavy atom. The first kappa shape index (κ1) is 5.96. The molecule has 4 N–H and O–H groups in total. The van der Waals surface area contributed by atoms with Crippen molar-refractivity contribution in [2.75, 3.05) is 5.73 Å². The van der Waals surface area contributed by atoms with E-state index in [1.54, 1.807) is 0 Å². The van der Waals surface area contributed by atoms with Crippen molar-refractivity contribution >= 4 is 16.9 Å². The van der Waals surface area contributed by atoms with Gasteiger partial charge in [0.05, 0.1) is 6.07 Å². The Balaban J connectivity index is 2.88. The monoisotopic (exact) mass is 154 g/mol. The van der Waals surface area contributed by atoms with Gasteiger partial charge in [-0.25, -0.2) is 0 Å². The average Bonchev–Trinajstić information content (AvgIpc) is 2.37. The highest BCUT2D eigenvalue weighted by molar-refractivity contribution is 5.79. The standard InChI is InChI=1S/C6H6N2O3/c7-5-2-4-3(8(5)10)1-6(9)11-4/h1-2,9-10H,7H2. The third-order valence-electron chi connectivity index (χ3n) is 1.48. The number of anilines is 1. The van der Waals surface area contributed by atoms with Crippen LogP contribution in [-0.2, 0) is 0 Å². The van der Waals surface area contributed by atoms with Crippen LogP contribution in [-0.4, -0.2) is 15.0 Å². The Labute approximate surface area is 61.2 Å². The maximum Gasteiger partial charge on any atom is 0.284 e. The molecule has 58 valence electrons. The Kier molecular flexibility index (Phi) is 0.883. The van der Waals surface area contributed by atoms with Gasteiger partial charge >= 0.3 is 0 Å². The summed E-state index contributed by atoms with van der Waals surface area (Å²) in [5.74, 6) is -0.0587. The Morgan fingerprint density at radius 1 is 1.45 bits per heavy atom. The summed E-state index contributed by atoms with van der Waals surface area (Å²) >= 11 is 0. The van der Waals surface area contributed by atoms with Crippen molar-refractivity contribution < 1.29 is 14.7 Å². The van der Waals surface area contributed by atoms with Crippen LogP contribution in [0.15, 0.2) is 16.5 Å². The van der Waals surface area contributed by atoms with Crippen LogP contribution in [0, 0.1) is 0 Å². The lowest BCUT2D eigenvalue weighted by Gasteiger charge is -1.91. The van der Waals surface area contributed by atoms with E-state index in [0.29, 0.717) is 11.1 Å². The minimum absolute atomic E-state index is 0.179. The van der Waals surface area contributed by atoms with Gasteiger partial charge in [-0.2, -0.15) is 4.73 Å². The van der Waals surface area contributed by atoms with Crippen LogP contribution in [0.5, 0.6) is 5.95 Å². The van der Waals surface area contributed by atoms with Crippen LogP contribution >= 0.6 is 0 Å². The first-order chi connectivity index (χ1) is 5.18. The molecule has 5 heteroatoms. The number of fused-ring (bicyclic) bond motifs is 1. The molecule has 0 spiro atoms. The summed E-state index contributed by atoms with van der Waals surface area (Å²) < 4.78 is 5.51. The SMILES string of the molecule is Nc1cc2oc(O)cc2n1O. The summed E-state index contributed by atoms with van der Waals surface area (Å²) in [4.78, 5) is 0. The third kappa shape index (κ3) is 0.644. The minimum Gasteiger partial charge on any atom is -0.481 e. The molecule has 0 aliphatic rings. The van der Waals surface area contributed by atoms with Gasteiger partial charge in [-0.15, -0.1) is 0 Å². The Hall–Kier alpha value is -1.78. The van der Waals surface area contributed by atoms with Crippen molar-refractivity contribution in [1.82, 2.24) is 4.73 Å². The van der Waals surface area contributed by atoms with Crippen LogP contribution in [0.4, 0.5) is 5.82 Å². The minimum atomic E-state index is -0.238. The molecule has 2 rings (SSSR count). The van der Waals surface area contributed by atoms with Crippen LogP contribution in [0.25, 0.3) is 11.1 Å². The van der Waals surface area contributed by atoms with Gasteiger partial charge in [0.1, 0.15) is 11.3 Å². The molecular formula is C6H6N2O3. The van der Waals surface area contributed by atoms with Crippen molar-refractivity contribution in [2.24, 2.45) is 0 Å². The van der Waals surface area contributed by atoms with E-state index in [0.717, 1.165) is 4.73 Å². The maximum atomic E-state index is 9.13. The molecule has 0 aliphatic heterocycles. The van der Waals surface area contributed by atoms with Gasteiger partial charge in [-0.1, -0.05) is 0 Å². The Morgan fingerprint density at radius 2 is 2.18 bits per heavy atom. The average molecular weight is 154 g/mol. The van der Waals surface area contributed by atoms with Gasteiger partial charge in [-0.05, 0) is 0 Å². The molecule has 11 heavy (non-hydrogen) atoms. The molecule has 0 aliphatic carbocycles. The summed E-state index contributed by atoms with van der Waals surface area (Å²) in [5.41, 5.74) is 6.04. The summed E-state index contributed by atoms with van der Waals surface area (Å²) in [6.07, 6.45) is 0. The number of aromatic nitrogens is 1. The fraction of sp³-hybridized carbons (Fsp3) is 0. The van der Waals surface area contributed by atoms with Gasteiger partial charge in [0.25, 0.3) is 5.95 Å². The van der Waals surface area contributed by atoms with Crippen molar-refractivity contribution in [3.05, 3.63) is 12.1 Å². The second-order valence-corrected chi connectivity index (χ2v) is 2.22. The smallest absolute Gasteiger partial charge is 0.284 e. The number of nitrogen functional groups attached to an aromatic ring is 1. The van der Waals surface area contributed by atoms with Crippen molar-refractivity contribution in [3.63, 3.8) is 0 Å². The van der Waals surface area contributed by atoms with Crippen molar-refractivity contribution in [2.45, 2.75) is 0 Å². The largest absolute Gasteiger partial charge is 0.481 e. The molecule has 2 heterocycles. The molecule has 0 atom stereocenters. The summed E-state index contributed by atoms with van der Waals surface area (Å²) in [6.45, 7) is 0. The highest BCUT2D eigenvalue weighted by Gasteiger charge is 2.09. The molecular weight excluding hydrogens is 148 g/mol. The fourth-order valence-corrected chi connectivity index (χ4v) is 0.986. The van der Waals surface area contributed by atoms with Crippen LogP contribution in [0.2, 0.25) is 0 Å². The van der Waals surface area contributed by atoms with E-state index in [1.807, 2.05) is 0 Å². The molecule has 0 amide bonds. The highest BCUT2D eigenvalue weighted by Crippen LogP contribution is 2.26. The van der Waals surface area contributed by atoms with E-state index >= 15 is 0 Å². The molecule has 0 unspecified atom stereocenters. The van der Waals surface area contributed by atoms with Crippen LogP contribution in [0.3, 0.4) is 0 Å². The van der Waals surface area contributed by atoms with E-state index in [2.05, 4.69) is 0 Å². The lowest BCUT2D eigenvalue weighted by molar-refractivity contribution is 0.206. The van der Waals surface area contributed by atoms with Gasteiger partial charge in [0.2, 0.25) is 0 Å². The lowest BCUT2D eigenvalue weighted by atomic mass is 10.5. The second-order valence-electron chi connectivity index (χ2n) is 2.22. The molecule has 0 saturated heterocycles. The first-order valence-electron chi connectivity index (χ1n) is 2.97. The number of hydrogen-bond acceptors (Lipinski definition) is 4. The van der Waals surface area contributed by atoms with Crippen LogP contribution < -0.4 is 5.73 Å². The predicted octanol–water partition coefficient (Wildman–Crippen LogP) is 0.759. The zero-order chi connectivity index (χ0) is 8.01. The molecule has 0 bridgehead atoms. The molecule has 0 aromatic carbocycles. The fourth-order valence-electron chi connectivity index (χ4n) is 0.986. The first-order valence-corrected chi connectivity index (χ1v) is 2.97. The van der Waals surface area contributed by atoms with Gasteiger partial charge in [0.15, 0.2) is 5.58 Å². The van der Waals surface area contributed by atoms with Crippen molar-refractivity contribution in [3.8, 4) is 5.95 Å². The van der Waals surface area contributed by atoms with E-state index in [4.69, 9.17) is 20.5 Å². The van der Waals surface area contributed by atoms with Crippen LogP contribution in [0.1, 0.15) is 0 Å². The predicted molar refractivity (Wildman–Crippen MR) is 37.5 cm³/mol. The number of rotatable bonds is 0. The molecule has 5 nitrogen and oxygen atoms in total. The zero-order valence-electron chi connectivity index (χ0n) is 5.48. The summed E-state index contributed by atoms with van der Waals surface area (Å²) in [7, 11) is 0. The maximum absolute atomic E-state index is 9.13. The number of nitrogens with zero attached hydrogens (tertiary/aromatic N) is 1. The molecule has 0 saturated carbocycles. The molecule has 2 aromatic rings. The van der Waals surface area contributed by atoms with E-state index < -0.39 is 0 Å². The number of hydrogen-bond donors (Lipinski definition) is 3. The Bertz CT molecular complexity index is 401.